The lowest BCUT2D eigenvalue weighted by atomic mass is 10.2. The highest BCUT2D eigenvalue weighted by Gasteiger charge is 2.39. The highest BCUT2D eigenvalue weighted by molar-refractivity contribution is 5.83. The third-order valence-corrected chi connectivity index (χ3v) is 2.02. The van der Waals surface area contributed by atoms with Crippen LogP contribution < -0.4 is 0 Å². The summed E-state index contributed by atoms with van der Waals surface area (Å²) in [6.07, 6.45) is -0.581. The van der Waals surface area contributed by atoms with Gasteiger partial charge in [-0.25, -0.2) is 4.79 Å². The van der Waals surface area contributed by atoms with Gasteiger partial charge >= 0.3 is 5.97 Å². The molecule has 1 heterocycles. The Morgan fingerprint density at radius 3 is 2.42 bits per heavy atom. The summed E-state index contributed by atoms with van der Waals surface area (Å²) in [4.78, 5) is 22.6. The molecule has 0 aromatic carbocycles. The smallest absolute Gasteiger partial charge is 0.329 e. The fourth-order valence-electron chi connectivity index (χ4n) is 1.43. The molecule has 1 amide bonds. The molecular formula is C7H11NO4. The third kappa shape index (κ3) is 1.40. The quantitative estimate of drug-likeness (QED) is 0.536. The summed E-state index contributed by atoms with van der Waals surface area (Å²) in [5.74, 6) is -1.45. The molecule has 1 rings (SSSR count). The number of likely N-dealkylation sites (tertiary alicyclic amines) is 1. The van der Waals surface area contributed by atoms with Crippen molar-refractivity contribution in [3.8, 4) is 0 Å². The van der Waals surface area contributed by atoms with E-state index in [0.717, 1.165) is 0 Å². The van der Waals surface area contributed by atoms with Crippen molar-refractivity contribution in [2.45, 2.75) is 25.5 Å². The number of carboxylic acid groups (broad SMARTS) is 1. The van der Waals surface area contributed by atoms with Crippen LogP contribution in [-0.2, 0) is 9.59 Å². The molecule has 1 aliphatic heterocycles. The molecule has 1 fully saturated rings. The van der Waals surface area contributed by atoms with Crippen LogP contribution in [0.3, 0.4) is 0 Å². The third-order valence-electron chi connectivity index (χ3n) is 2.02. The lowest BCUT2D eigenvalue weighted by Gasteiger charge is -2.20. The number of carbonyl (C=O) groups is 2. The lowest BCUT2D eigenvalue weighted by Crippen LogP contribution is -2.44. The summed E-state index contributed by atoms with van der Waals surface area (Å²) >= 11 is 0. The Morgan fingerprint density at radius 2 is 2.08 bits per heavy atom. The molecule has 12 heavy (non-hydrogen) atoms. The van der Waals surface area contributed by atoms with Gasteiger partial charge in [0.05, 0.1) is 6.10 Å². The predicted octanol–water partition coefficient (Wildman–Crippen LogP) is -0.947. The second kappa shape index (κ2) is 3.10. The Kier molecular flexibility index (Phi) is 2.32. The Labute approximate surface area is 69.6 Å². The van der Waals surface area contributed by atoms with Crippen LogP contribution in [0.4, 0.5) is 0 Å². The van der Waals surface area contributed by atoms with Gasteiger partial charge in [0.1, 0.15) is 0 Å². The number of carboxylic acids is 1. The number of hydrogen-bond acceptors (Lipinski definition) is 3. The van der Waals surface area contributed by atoms with Gasteiger partial charge in [0.25, 0.3) is 0 Å². The fraction of sp³-hybridized carbons (Fsp3) is 0.714. The molecule has 2 atom stereocenters. The van der Waals surface area contributed by atoms with Crippen LogP contribution in [0.25, 0.3) is 0 Å². The molecule has 2 N–H and O–H groups in total. The first-order valence-electron chi connectivity index (χ1n) is 3.72. The molecule has 0 bridgehead atoms. The van der Waals surface area contributed by atoms with E-state index in [0.29, 0.717) is 13.0 Å². The van der Waals surface area contributed by atoms with Crippen molar-refractivity contribution < 1.29 is 19.8 Å². The molecule has 68 valence electrons. The van der Waals surface area contributed by atoms with E-state index in [2.05, 4.69) is 0 Å². The summed E-state index contributed by atoms with van der Waals surface area (Å²) in [5, 5.41) is 17.9. The Bertz CT molecular complexity index is 215. The number of aliphatic hydroxyl groups is 1. The molecule has 5 heteroatoms. The zero-order valence-electron chi connectivity index (χ0n) is 6.73. The minimum Gasteiger partial charge on any atom is -0.480 e. The van der Waals surface area contributed by atoms with Gasteiger partial charge in [-0.05, 0) is 6.42 Å². The van der Waals surface area contributed by atoms with Gasteiger partial charge in [0.2, 0.25) is 5.91 Å². The minimum atomic E-state index is -1.14. The van der Waals surface area contributed by atoms with Crippen molar-refractivity contribution >= 4 is 11.9 Å². The number of rotatable bonds is 1. The summed E-state index contributed by atoms with van der Waals surface area (Å²) < 4.78 is 0. The van der Waals surface area contributed by atoms with Crippen LogP contribution in [0.2, 0.25) is 0 Å². The standard InChI is InChI=1S/C7H11NO4/c1-4(9)8-3-2-5(10)6(8)7(11)12/h5-6,10H,2-3H2,1H3,(H,11,12)/t5-,6+/m0/s1. The SMILES string of the molecule is CC(=O)N1CC[C@H](O)[C@@H]1C(=O)O. The van der Waals surface area contributed by atoms with Crippen LogP contribution in [0, 0.1) is 0 Å². The van der Waals surface area contributed by atoms with Crippen molar-refractivity contribution in [3.05, 3.63) is 0 Å². The number of carbonyl (C=O) groups excluding carboxylic acids is 1. The van der Waals surface area contributed by atoms with E-state index in [1.807, 2.05) is 0 Å². The topological polar surface area (TPSA) is 77.8 Å². The van der Waals surface area contributed by atoms with Gasteiger partial charge in [0, 0.05) is 13.5 Å². The van der Waals surface area contributed by atoms with Crippen LogP contribution in [0.5, 0.6) is 0 Å². The largest absolute Gasteiger partial charge is 0.480 e. The first-order chi connectivity index (χ1) is 5.54. The van der Waals surface area contributed by atoms with E-state index in [4.69, 9.17) is 5.11 Å². The van der Waals surface area contributed by atoms with Crippen LogP contribution in [0.1, 0.15) is 13.3 Å². The molecule has 5 nitrogen and oxygen atoms in total. The number of aliphatic hydroxyl groups excluding tert-OH is 1. The van der Waals surface area contributed by atoms with E-state index in [-0.39, 0.29) is 5.91 Å². The zero-order chi connectivity index (χ0) is 9.30. The van der Waals surface area contributed by atoms with Crippen LogP contribution >= 0.6 is 0 Å². The van der Waals surface area contributed by atoms with Gasteiger partial charge in [-0.3, -0.25) is 4.79 Å². The van der Waals surface area contributed by atoms with E-state index in [9.17, 15) is 14.7 Å². The first-order valence-corrected chi connectivity index (χ1v) is 3.72. The first kappa shape index (κ1) is 8.99. The molecule has 1 aliphatic rings. The predicted molar refractivity (Wildman–Crippen MR) is 39.4 cm³/mol. The van der Waals surface area contributed by atoms with E-state index >= 15 is 0 Å². The normalized spacial score (nSPS) is 29.0. The number of aliphatic carboxylic acids is 1. The Balaban J connectivity index is 2.77. The molecule has 0 aliphatic carbocycles. The number of nitrogens with zero attached hydrogens (tertiary/aromatic N) is 1. The average molecular weight is 173 g/mol. The van der Waals surface area contributed by atoms with E-state index < -0.39 is 18.1 Å². The maximum absolute atomic E-state index is 10.9. The van der Waals surface area contributed by atoms with Gasteiger partial charge in [-0.2, -0.15) is 0 Å². The monoisotopic (exact) mass is 173 g/mol. The molecule has 0 spiro atoms. The minimum absolute atomic E-state index is 0.307. The van der Waals surface area contributed by atoms with Crippen molar-refractivity contribution in [1.29, 1.82) is 0 Å². The maximum Gasteiger partial charge on any atom is 0.329 e. The second-order valence-corrected chi connectivity index (χ2v) is 2.85. The van der Waals surface area contributed by atoms with Crippen molar-refractivity contribution in [3.63, 3.8) is 0 Å². The molecule has 1 saturated heterocycles. The molecule has 0 aromatic rings. The Hall–Kier alpha value is -1.10. The average Bonchev–Trinajstić information content (AvgIpc) is 2.30. The summed E-state index contributed by atoms with van der Waals surface area (Å²) in [7, 11) is 0. The van der Waals surface area contributed by atoms with Crippen LogP contribution in [0.15, 0.2) is 0 Å². The lowest BCUT2D eigenvalue weighted by molar-refractivity contribution is -0.150. The molecule has 0 saturated carbocycles. The van der Waals surface area contributed by atoms with Gasteiger partial charge in [-0.1, -0.05) is 0 Å². The number of amides is 1. The van der Waals surface area contributed by atoms with Crippen molar-refractivity contribution in [1.82, 2.24) is 4.90 Å². The number of hydrogen-bond donors (Lipinski definition) is 2. The molecular weight excluding hydrogens is 162 g/mol. The molecule has 0 radical (unpaired) electrons. The summed E-state index contributed by atoms with van der Waals surface area (Å²) in [6, 6.07) is -1.05. The van der Waals surface area contributed by atoms with Gasteiger partial charge in [0.15, 0.2) is 6.04 Å². The van der Waals surface area contributed by atoms with Crippen molar-refractivity contribution in [2.24, 2.45) is 0 Å². The zero-order valence-corrected chi connectivity index (χ0v) is 6.73. The molecule has 0 unspecified atom stereocenters. The highest BCUT2D eigenvalue weighted by Crippen LogP contribution is 2.17. The van der Waals surface area contributed by atoms with Crippen molar-refractivity contribution in [2.75, 3.05) is 6.54 Å². The fourth-order valence-corrected chi connectivity index (χ4v) is 1.43. The van der Waals surface area contributed by atoms with Gasteiger partial charge in [-0.15, -0.1) is 0 Å². The summed E-state index contributed by atoms with van der Waals surface area (Å²) in [6.45, 7) is 1.63. The maximum atomic E-state index is 10.9. The summed E-state index contributed by atoms with van der Waals surface area (Å²) in [5.41, 5.74) is 0. The van der Waals surface area contributed by atoms with Crippen LogP contribution in [-0.4, -0.2) is 45.7 Å². The van der Waals surface area contributed by atoms with E-state index in [1.54, 1.807) is 0 Å². The Morgan fingerprint density at radius 1 is 1.50 bits per heavy atom. The van der Waals surface area contributed by atoms with E-state index in [1.165, 1.54) is 11.8 Å². The molecule has 0 aromatic heterocycles. The highest BCUT2D eigenvalue weighted by atomic mass is 16.4. The second-order valence-electron chi connectivity index (χ2n) is 2.85. The van der Waals surface area contributed by atoms with Gasteiger partial charge < -0.3 is 15.1 Å².